The Labute approximate surface area is 104 Å². The first-order chi connectivity index (χ1) is 7.32. The second-order valence-corrected chi connectivity index (χ2v) is 5.52. The molecule has 5 heteroatoms. The fourth-order valence-corrected chi connectivity index (χ4v) is 1.42. The Bertz CT molecular complexity index is 387. The van der Waals surface area contributed by atoms with Crippen molar-refractivity contribution in [2.45, 2.75) is 26.8 Å². The zero-order chi connectivity index (χ0) is 12.3. The van der Waals surface area contributed by atoms with Crippen LogP contribution in [-0.4, -0.2) is 16.9 Å². The number of amides is 1. The average Bonchev–Trinajstić information content (AvgIpc) is 2.19. The van der Waals surface area contributed by atoms with Crippen LogP contribution in [0.4, 0.5) is 5.82 Å². The van der Waals surface area contributed by atoms with Gasteiger partial charge in [-0.3, -0.25) is 4.79 Å². The molecule has 0 spiro atoms. The summed E-state index contributed by atoms with van der Waals surface area (Å²) in [6.45, 7) is 5.76. The molecule has 0 aliphatic heterocycles. The number of carbonyl (C=O) groups excluding carboxylic acids is 1. The Hall–Kier alpha value is -0.940. The summed E-state index contributed by atoms with van der Waals surface area (Å²) in [5.41, 5.74) is 5.56. The third kappa shape index (κ3) is 3.28. The maximum atomic E-state index is 11.8. The number of halogens is 1. The Morgan fingerprint density at radius 2 is 2.19 bits per heavy atom. The van der Waals surface area contributed by atoms with Gasteiger partial charge in [0, 0.05) is 6.20 Å². The summed E-state index contributed by atoms with van der Waals surface area (Å²) >= 11 is 3.31. The molecule has 0 saturated heterocycles. The standard InChI is InChI=1S/C11H16BrN3O/c1-11(2,3)8(13)10(16)15-9-7(12)5-4-6-14-9/h4-6,8H,13H2,1-3H3,(H,14,15,16)/t8-/m0/s1. The van der Waals surface area contributed by atoms with Crippen LogP contribution >= 0.6 is 15.9 Å². The number of nitrogens with one attached hydrogen (secondary N) is 1. The van der Waals surface area contributed by atoms with Crippen LogP contribution < -0.4 is 11.1 Å². The maximum Gasteiger partial charge on any atom is 0.243 e. The Balaban J connectivity index is 2.76. The van der Waals surface area contributed by atoms with E-state index in [2.05, 4.69) is 26.2 Å². The van der Waals surface area contributed by atoms with Crippen LogP contribution in [0.25, 0.3) is 0 Å². The van der Waals surface area contributed by atoms with Crippen LogP contribution in [0.2, 0.25) is 0 Å². The number of rotatable bonds is 2. The fourth-order valence-electron chi connectivity index (χ4n) is 1.07. The van der Waals surface area contributed by atoms with Crippen molar-refractivity contribution in [3.63, 3.8) is 0 Å². The third-order valence-corrected chi connectivity index (χ3v) is 2.86. The second-order valence-electron chi connectivity index (χ2n) is 4.67. The van der Waals surface area contributed by atoms with E-state index in [4.69, 9.17) is 5.73 Å². The van der Waals surface area contributed by atoms with E-state index in [0.717, 1.165) is 4.47 Å². The molecule has 0 aromatic carbocycles. The zero-order valence-corrected chi connectivity index (χ0v) is 11.2. The summed E-state index contributed by atoms with van der Waals surface area (Å²) in [5, 5.41) is 2.69. The van der Waals surface area contributed by atoms with E-state index < -0.39 is 6.04 Å². The quantitative estimate of drug-likeness (QED) is 0.875. The Kier molecular flexibility index (Phi) is 4.04. The zero-order valence-electron chi connectivity index (χ0n) is 9.62. The van der Waals surface area contributed by atoms with E-state index in [1.165, 1.54) is 0 Å². The van der Waals surface area contributed by atoms with Crippen molar-refractivity contribution in [1.29, 1.82) is 0 Å². The molecule has 4 nitrogen and oxygen atoms in total. The van der Waals surface area contributed by atoms with Gasteiger partial charge in [0.15, 0.2) is 0 Å². The minimum Gasteiger partial charge on any atom is -0.319 e. The van der Waals surface area contributed by atoms with Gasteiger partial charge in [-0.1, -0.05) is 20.8 Å². The topological polar surface area (TPSA) is 68.0 Å². The molecule has 1 aromatic heterocycles. The third-order valence-electron chi connectivity index (χ3n) is 2.22. The van der Waals surface area contributed by atoms with Crippen molar-refractivity contribution in [3.8, 4) is 0 Å². The van der Waals surface area contributed by atoms with Gasteiger partial charge >= 0.3 is 0 Å². The number of nitrogens with two attached hydrogens (primary N) is 1. The molecule has 1 heterocycles. The molecule has 0 fully saturated rings. The van der Waals surface area contributed by atoms with E-state index in [0.29, 0.717) is 5.82 Å². The summed E-state index contributed by atoms with van der Waals surface area (Å²) in [4.78, 5) is 15.9. The van der Waals surface area contributed by atoms with Crippen molar-refractivity contribution in [3.05, 3.63) is 22.8 Å². The first kappa shape index (κ1) is 13.1. The van der Waals surface area contributed by atoms with Gasteiger partial charge in [0.05, 0.1) is 10.5 Å². The summed E-state index contributed by atoms with van der Waals surface area (Å²) < 4.78 is 0.740. The lowest BCUT2D eigenvalue weighted by Gasteiger charge is -2.25. The van der Waals surface area contributed by atoms with Crippen molar-refractivity contribution < 1.29 is 4.79 Å². The van der Waals surface area contributed by atoms with Crippen LogP contribution in [0.15, 0.2) is 22.8 Å². The number of aromatic nitrogens is 1. The first-order valence-corrected chi connectivity index (χ1v) is 5.78. The molecule has 0 aliphatic rings. The minimum absolute atomic E-state index is 0.230. The molecule has 0 radical (unpaired) electrons. The normalized spacial score (nSPS) is 13.3. The van der Waals surface area contributed by atoms with Crippen LogP contribution in [0.5, 0.6) is 0 Å². The molecule has 0 unspecified atom stereocenters. The van der Waals surface area contributed by atoms with Crippen molar-refractivity contribution in [1.82, 2.24) is 4.98 Å². The Morgan fingerprint density at radius 3 is 2.69 bits per heavy atom. The number of carbonyl (C=O) groups is 1. The van der Waals surface area contributed by atoms with Crippen molar-refractivity contribution in [2.75, 3.05) is 5.32 Å². The van der Waals surface area contributed by atoms with Gasteiger partial charge in [-0.25, -0.2) is 4.98 Å². The largest absolute Gasteiger partial charge is 0.319 e. The van der Waals surface area contributed by atoms with Gasteiger partial charge in [-0.15, -0.1) is 0 Å². The number of anilines is 1. The molecule has 1 amide bonds. The summed E-state index contributed by atoms with van der Waals surface area (Å²) in [6, 6.07) is 3.02. The lowest BCUT2D eigenvalue weighted by molar-refractivity contribution is -0.119. The van der Waals surface area contributed by atoms with Gasteiger partial charge < -0.3 is 11.1 Å². The average molecular weight is 286 g/mol. The van der Waals surface area contributed by atoms with Gasteiger partial charge in [0.1, 0.15) is 5.82 Å². The van der Waals surface area contributed by atoms with Crippen LogP contribution in [0.3, 0.4) is 0 Å². The van der Waals surface area contributed by atoms with Gasteiger partial charge in [-0.2, -0.15) is 0 Å². The second kappa shape index (κ2) is 4.93. The summed E-state index contributed by atoms with van der Waals surface area (Å²) in [5.74, 6) is 0.263. The molecule has 0 saturated carbocycles. The SMILES string of the molecule is CC(C)(C)[C@@H](N)C(=O)Nc1ncccc1Br. The molecule has 0 bridgehead atoms. The number of hydrogen-bond acceptors (Lipinski definition) is 3. The number of pyridine rings is 1. The van der Waals surface area contributed by atoms with Gasteiger partial charge in [0.2, 0.25) is 5.91 Å². The molecular weight excluding hydrogens is 270 g/mol. The maximum absolute atomic E-state index is 11.8. The number of nitrogens with zero attached hydrogens (tertiary/aromatic N) is 1. The monoisotopic (exact) mass is 285 g/mol. The van der Waals surface area contributed by atoms with E-state index in [1.807, 2.05) is 26.8 Å². The van der Waals surface area contributed by atoms with Gasteiger partial charge in [-0.05, 0) is 33.5 Å². The molecule has 88 valence electrons. The smallest absolute Gasteiger partial charge is 0.243 e. The van der Waals surface area contributed by atoms with Crippen LogP contribution in [0, 0.1) is 5.41 Å². The molecule has 1 aromatic rings. The Morgan fingerprint density at radius 1 is 1.56 bits per heavy atom. The van der Waals surface area contributed by atoms with Crippen LogP contribution in [0.1, 0.15) is 20.8 Å². The summed E-state index contributed by atoms with van der Waals surface area (Å²) in [6.07, 6.45) is 1.61. The molecule has 3 N–H and O–H groups in total. The van der Waals surface area contributed by atoms with E-state index in [9.17, 15) is 4.79 Å². The molecule has 1 atom stereocenters. The van der Waals surface area contributed by atoms with E-state index in [-0.39, 0.29) is 11.3 Å². The predicted molar refractivity (Wildman–Crippen MR) is 68.0 cm³/mol. The van der Waals surface area contributed by atoms with Crippen molar-refractivity contribution in [2.24, 2.45) is 11.1 Å². The van der Waals surface area contributed by atoms with Crippen molar-refractivity contribution >= 4 is 27.7 Å². The highest BCUT2D eigenvalue weighted by Gasteiger charge is 2.27. The van der Waals surface area contributed by atoms with Crippen LogP contribution in [-0.2, 0) is 4.79 Å². The highest BCUT2D eigenvalue weighted by molar-refractivity contribution is 9.10. The van der Waals surface area contributed by atoms with E-state index >= 15 is 0 Å². The lowest BCUT2D eigenvalue weighted by Crippen LogP contribution is -2.45. The minimum atomic E-state index is -0.568. The highest BCUT2D eigenvalue weighted by atomic mass is 79.9. The predicted octanol–water partition coefficient (Wildman–Crippen LogP) is 2.16. The number of hydrogen-bond donors (Lipinski definition) is 2. The summed E-state index contributed by atoms with van der Waals surface area (Å²) in [7, 11) is 0. The molecule has 0 aliphatic carbocycles. The van der Waals surface area contributed by atoms with E-state index in [1.54, 1.807) is 12.3 Å². The fraction of sp³-hybridized carbons (Fsp3) is 0.455. The highest BCUT2D eigenvalue weighted by Crippen LogP contribution is 2.21. The molecule has 16 heavy (non-hydrogen) atoms. The molecular formula is C11H16BrN3O. The van der Waals surface area contributed by atoms with Gasteiger partial charge in [0.25, 0.3) is 0 Å². The molecule has 1 rings (SSSR count). The lowest BCUT2D eigenvalue weighted by atomic mass is 9.87. The first-order valence-electron chi connectivity index (χ1n) is 4.99.